The molecule has 1 N–H and O–H groups in total. The van der Waals surface area contributed by atoms with Crippen molar-refractivity contribution in [3.05, 3.63) is 63.7 Å². The number of carbonyl (C=O) groups excluding carboxylic acids is 1. The smallest absolute Gasteiger partial charge is 0.269 e. The summed E-state index contributed by atoms with van der Waals surface area (Å²) in [5, 5.41) is 23.2. The second kappa shape index (κ2) is 8.09. The van der Waals surface area contributed by atoms with Crippen molar-refractivity contribution in [1.82, 2.24) is 0 Å². The average molecular weight is 379 g/mol. The van der Waals surface area contributed by atoms with Gasteiger partial charge in [0.2, 0.25) is 5.91 Å². The first-order valence-corrected chi connectivity index (χ1v) is 9.23. The molecule has 0 spiro atoms. The van der Waals surface area contributed by atoms with Crippen LogP contribution in [0.25, 0.3) is 0 Å². The highest BCUT2D eigenvalue weighted by molar-refractivity contribution is 5.99. The molecule has 0 saturated heterocycles. The fraction of sp³-hybridized carbons (Fsp3) is 0.333. The summed E-state index contributed by atoms with van der Waals surface area (Å²) >= 11 is 0. The molecular formula is C21H21N3O4. The number of rotatable bonds is 6. The molecule has 1 aliphatic carbocycles. The van der Waals surface area contributed by atoms with Gasteiger partial charge in [0.25, 0.3) is 5.69 Å². The highest BCUT2D eigenvalue weighted by Crippen LogP contribution is 2.42. The van der Waals surface area contributed by atoms with Gasteiger partial charge in [0, 0.05) is 17.8 Å². The zero-order chi connectivity index (χ0) is 20.1. The molecule has 2 aromatic rings. The summed E-state index contributed by atoms with van der Waals surface area (Å²) < 4.78 is 5.42. The van der Waals surface area contributed by atoms with Gasteiger partial charge in [-0.2, -0.15) is 5.26 Å². The number of ether oxygens (including phenoxy) is 1. The molecule has 28 heavy (non-hydrogen) atoms. The van der Waals surface area contributed by atoms with Crippen LogP contribution in [0.4, 0.5) is 11.4 Å². The molecule has 0 aliphatic heterocycles. The van der Waals surface area contributed by atoms with Gasteiger partial charge in [0.1, 0.15) is 11.8 Å². The Balaban J connectivity index is 1.88. The van der Waals surface area contributed by atoms with Gasteiger partial charge in [-0.15, -0.1) is 0 Å². The quantitative estimate of drug-likeness (QED) is 0.594. The first-order chi connectivity index (χ1) is 13.5. The van der Waals surface area contributed by atoms with E-state index in [1.54, 1.807) is 30.3 Å². The van der Waals surface area contributed by atoms with E-state index in [9.17, 15) is 20.2 Å². The lowest BCUT2D eigenvalue weighted by Crippen LogP contribution is -2.38. The summed E-state index contributed by atoms with van der Waals surface area (Å²) in [5.74, 6) is 0.320. The van der Waals surface area contributed by atoms with Crippen LogP contribution in [0.15, 0.2) is 42.5 Å². The van der Waals surface area contributed by atoms with Crippen LogP contribution < -0.4 is 10.1 Å². The van der Waals surface area contributed by atoms with E-state index < -0.39 is 10.3 Å². The molecule has 0 atom stereocenters. The third-order valence-corrected chi connectivity index (χ3v) is 5.18. The number of hydrogen-bond acceptors (Lipinski definition) is 5. The van der Waals surface area contributed by atoms with Crippen LogP contribution in [0, 0.1) is 21.4 Å². The lowest BCUT2D eigenvalue weighted by molar-refractivity contribution is -0.384. The van der Waals surface area contributed by atoms with Crippen LogP contribution in [0.3, 0.4) is 0 Å². The van der Waals surface area contributed by atoms with Crippen LogP contribution in [0.5, 0.6) is 5.75 Å². The average Bonchev–Trinajstić information content (AvgIpc) is 3.20. The summed E-state index contributed by atoms with van der Waals surface area (Å²) in [6.07, 6.45) is 3.19. The molecule has 7 nitrogen and oxygen atoms in total. The van der Waals surface area contributed by atoms with Gasteiger partial charge in [-0.3, -0.25) is 14.9 Å². The number of carbonyl (C=O) groups is 1. The molecule has 0 aromatic heterocycles. The van der Waals surface area contributed by atoms with E-state index in [1.165, 1.54) is 12.1 Å². The Kier molecular flexibility index (Phi) is 5.59. The Morgan fingerprint density at radius 2 is 1.93 bits per heavy atom. The van der Waals surface area contributed by atoms with Crippen molar-refractivity contribution in [3.63, 3.8) is 0 Å². The number of amides is 1. The van der Waals surface area contributed by atoms with Gasteiger partial charge in [-0.25, -0.2) is 0 Å². The molecule has 7 heteroatoms. The molecule has 0 unspecified atom stereocenters. The SMILES string of the molecule is CCOc1ccc(NC(=O)C2(c3ccc([N+](=O)[O-])cc3)CCCC2)cc1C#N. The van der Waals surface area contributed by atoms with Crippen molar-refractivity contribution in [2.75, 3.05) is 11.9 Å². The molecule has 144 valence electrons. The number of nitrogens with zero attached hydrogens (tertiary/aromatic N) is 2. The number of nitriles is 1. The first-order valence-electron chi connectivity index (χ1n) is 9.23. The van der Waals surface area contributed by atoms with Gasteiger partial charge in [0.15, 0.2) is 0 Å². The van der Waals surface area contributed by atoms with Crippen molar-refractivity contribution in [3.8, 4) is 11.8 Å². The van der Waals surface area contributed by atoms with E-state index in [0.717, 1.165) is 18.4 Å². The highest BCUT2D eigenvalue weighted by atomic mass is 16.6. The Bertz CT molecular complexity index is 926. The second-order valence-electron chi connectivity index (χ2n) is 6.80. The number of nitro groups is 1. The van der Waals surface area contributed by atoms with Gasteiger partial charge in [0.05, 0.1) is 22.5 Å². The summed E-state index contributed by atoms with van der Waals surface area (Å²) in [6.45, 7) is 2.29. The number of hydrogen-bond donors (Lipinski definition) is 1. The maximum Gasteiger partial charge on any atom is 0.269 e. The second-order valence-corrected chi connectivity index (χ2v) is 6.80. The summed E-state index contributed by atoms with van der Waals surface area (Å²) in [5.41, 5.74) is 0.941. The summed E-state index contributed by atoms with van der Waals surface area (Å²) in [7, 11) is 0. The monoisotopic (exact) mass is 379 g/mol. The van der Waals surface area contributed by atoms with E-state index in [2.05, 4.69) is 11.4 Å². The fourth-order valence-electron chi connectivity index (χ4n) is 3.75. The van der Waals surface area contributed by atoms with Crippen LogP contribution in [0.1, 0.15) is 43.7 Å². The topological polar surface area (TPSA) is 105 Å². The third kappa shape index (κ3) is 3.67. The van der Waals surface area contributed by atoms with Gasteiger partial charge in [-0.05, 0) is 43.5 Å². The van der Waals surface area contributed by atoms with E-state index >= 15 is 0 Å². The van der Waals surface area contributed by atoms with Gasteiger partial charge >= 0.3 is 0 Å². The van der Waals surface area contributed by atoms with E-state index in [-0.39, 0.29) is 11.6 Å². The third-order valence-electron chi connectivity index (χ3n) is 5.18. The predicted octanol–water partition coefficient (Wildman–Crippen LogP) is 4.32. The Labute approximate surface area is 163 Å². The van der Waals surface area contributed by atoms with Crippen LogP contribution in [-0.4, -0.2) is 17.4 Å². The van der Waals surface area contributed by atoms with Crippen molar-refractivity contribution >= 4 is 17.3 Å². The Morgan fingerprint density at radius 1 is 1.25 bits per heavy atom. The normalized spacial score (nSPS) is 14.9. The maximum atomic E-state index is 13.2. The number of non-ortho nitro benzene ring substituents is 1. The molecule has 1 fully saturated rings. The van der Waals surface area contributed by atoms with Gasteiger partial charge < -0.3 is 10.1 Å². The Morgan fingerprint density at radius 3 is 2.50 bits per heavy atom. The fourth-order valence-corrected chi connectivity index (χ4v) is 3.75. The number of benzene rings is 2. The molecule has 0 heterocycles. The maximum absolute atomic E-state index is 13.2. The Hall–Kier alpha value is -3.40. The zero-order valence-corrected chi connectivity index (χ0v) is 15.6. The van der Waals surface area contributed by atoms with Crippen molar-refractivity contribution in [2.45, 2.75) is 38.0 Å². The van der Waals surface area contributed by atoms with Gasteiger partial charge in [-0.1, -0.05) is 25.0 Å². The standard InChI is InChI=1S/C21H21N3O4/c1-2-28-19-10-7-17(13-15(19)14-22)23-20(25)21(11-3-4-12-21)16-5-8-18(9-6-16)24(26)27/h5-10,13H,2-4,11-12H2,1H3,(H,23,25). The predicted molar refractivity (Wildman–Crippen MR) is 104 cm³/mol. The lowest BCUT2D eigenvalue weighted by atomic mass is 9.78. The van der Waals surface area contributed by atoms with Crippen LogP contribution in [0.2, 0.25) is 0 Å². The summed E-state index contributed by atoms with van der Waals surface area (Å²) in [6, 6.07) is 13.3. The van der Waals surface area contributed by atoms with Crippen molar-refractivity contribution in [2.24, 2.45) is 0 Å². The molecule has 0 bridgehead atoms. The number of nitro benzene ring substituents is 1. The van der Waals surface area contributed by atoms with E-state index in [4.69, 9.17) is 4.74 Å². The lowest BCUT2D eigenvalue weighted by Gasteiger charge is -2.28. The number of anilines is 1. The molecule has 2 aromatic carbocycles. The van der Waals surface area contributed by atoms with Crippen molar-refractivity contribution < 1.29 is 14.5 Å². The largest absolute Gasteiger partial charge is 0.492 e. The highest BCUT2D eigenvalue weighted by Gasteiger charge is 2.42. The van der Waals surface area contributed by atoms with E-state index in [0.29, 0.717) is 36.4 Å². The number of nitrogens with one attached hydrogen (secondary N) is 1. The molecule has 0 radical (unpaired) electrons. The minimum Gasteiger partial charge on any atom is -0.492 e. The molecule has 1 saturated carbocycles. The van der Waals surface area contributed by atoms with Crippen LogP contribution in [-0.2, 0) is 10.2 Å². The van der Waals surface area contributed by atoms with Crippen molar-refractivity contribution in [1.29, 1.82) is 5.26 Å². The van der Waals surface area contributed by atoms with E-state index in [1.807, 2.05) is 6.92 Å². The molecular weight excluding hydrogens is 358 g/mol. The zero-order valence-electron chi connectivity index (χ0n) is 15.6. The first kappa shape index (κ1) is 19.4. The van der Waals surface area contributed by atoms with Crippen LogP contribution >= 0.6 is 0 Å². The minimum atomic E-state index is -0.722. The molecule has 1 amide bonds. The summed E-state index contributed by atoms with van der Waals surface area (Å²) in [4.78, 5) is 23.7. The molecule has 1 aliphatic rings. The minimum absolute atomic E-state index is 0.00230. The molecule has 3 rings (SSSR count).